The number of hydrogen-bond donors (Lipinski definition) is 0. The fourth-order valence-electron chi connectivity index (χ4n) is 13.0. The van der Waals surface area contributed by atoms with Crippen LogP contribution in [0, 0.1) is 0 Å². The summed E-state index contributed by atoms with van der Waals surface area (Å²) in [6, 6.07) is 120. The standard InChI is InChI=1S/C80H54N4/c1-5-22-55(23-6-1)57-40-44-63(45-41-57)81(64-46-42-58(43-47-64)56-24-7-2-8-25-56)66-50-60(74-52-59-26-13-14-31-68(59)69-32-15-16-33-70(69)74)51-67(53-66)82(65-48-49-72-71-34-17-19-36-75(71)84(79(72)54-65)62-29-11-4-12-30-62)77-38-21-39-78-80(77)73-35-18-20-37-76(73)83(78)61-27-9-3-10-28-61/h1-54H. The second-order valence-electron chi connectivity index (χ2n) is 21.7. The average molecular weight is 1070 g/mol. The predicted octanol–water partition coefficient (Wildman–Crippen LogP) is 22.1. The summed E-state index contributed by atoms with van der Waals surface area (Å²) in [5.41, 5.74) is 19.9. The molecule has 0 saturated heterocycles. The molecule has 0 N–H and O–H groups in total. The lowest BCUT2D eigenvalue weighted by molar-refractivity contribution is 1.17. The molecule has 0 atom stereocenters. The summed E-state index contributed by atoms with van der Waals surface area (Å²) >= 11 is 0. The molecular weight excluding hydrogens is 1020 g/mol. The van der Waals surface area contributed by atoms with Crippen LogP contribution in [0.15, 0.2) is 328 Å². The van der Waals surface area contributed by atoms with Crippen LogP contribution < -0.4 is 9.80 Å². The first kappa shape index (κ1) is 48.7. The fourth-order valence-corrected chi connectivity index (χ4v) is 13.0. The Bertz CT molecular complexity index is 5020. The van der Waals surface area contributed by atoms with E-state index >= 15 is 0 Å². The van der Waals surface area contributed by atoms with Crippen LogP contribution in [0.25, 0.3) is 110 Å². The van der Waals surface area contributed by atoms with Crippen LogP contribution in [0.5, 0.6) is 0 Å². The summed E-state index contributed by atoms with van der Waals surface area (Å²) in [4.78, 5) is 4.97. The van der Waals surface area contributed by atoms with E-state index in [-0.39, 0.29) is 0 Å². The van der Waals surface area contributed by atoms with Gasteiger partial charge in [0.2, 0.25) is 0 Å². The highest BCUT2D eigenvalue weighted by Gasteiger charge is 2.26. The van der Waals surface area contributed by atoms with Gasteiger partial charge in [-0.15, -0.1) is 0 Å². The summed E-state index contributed by atoms with van der Waals surface area (Å²) in [6.45, 7) is 0. The number of benzene rings is 14. The van der Waals surface area contributed by atoms with E-state index in [4.69, 9.17) is 0 Å². The van der Waals surface area contributed by atoms with Crippen molar-refractivity contribution in [3.05, 3.63) is 328 Å². The van der Waals surface area contributed by atoms with Crippen molar-refractivity contribution in [3.8, 4) is 44.8 Å². The molecule has 0 aliphatic carbocycles. The molecule has 2 heterocycles. The monoisotopic (exact) mass is 1070 g/mol. The molecule has 0 spiro atoms. The van der Waals surface area contributed by atoms with E-state index in [1.165, 1.54) is 48.8 Å². The molecule has 2 aromatic heterocycles. The average Bonchev–Trinajstić information content (AvgIpc) is 1.83. The lowest BCUT2D eigenvalue weighted by atomic mass is 9.92. The van der Waals surface area contributed by atoms with Gasteiger partial charge in [0, 0.05) is 61.4 Å². The van der Waals surface area contributed by atoms with Gasteiger partial charge in [0.1, 0.15) is 0 Å². The van der Waals surface area contributed by atoms with E-state index < -0.39 is 0 Å². The van der Waals surface area contributed by atoms with Crippen molar-refractivity contribution in [2.75, 3.05) is 9.80 Å². The normalized spacial score (nSPS) is 11.6. The van der Waals surface area contributed by atoms with E-state index in [1.807, 2.05) is 0 Å². The minimum atomic E-state index is 1.01. The lowest BCUT2D eigenvalue weighted by Gasteiger charge is -2.31. The van der Waals surface area contributed by atoms with Gasteiger partial charge in [0.15, 0.2) is 0 Å². The Morgan fingerprint density at radius 2 is 0.655 bits per heavy atom. The number of nitrogens with zero attached hydrogens (tertiary/aromatic N) is 4. The molecule has 0 radical (unpaired) electrons. The van der Waals surface area contributed by atoms with E-state index in [0.29, 0.717) is 0 Å². The van der Waals surface area contributed by atoms with Crippen LogP contribution in [0.1, 0.15) is 0 Å². The van der Waals surface area contributed by atoms with Crippen molar-refractivity contribution >= 4 is 99.3 Å². The SMILES string of the molecule is c1ccc(-c2ccc(N(c3ccc(-c4ccccc4)cc3)c3cc(-c4cc5ccccc5c5ccccc45)cc(N(c4ccc5c6ccccc6n(-c6ccccc6)c5c4)c4cccc5c4c4ccccc4n5-c4ccccc4)c3)cc2)cc1. The molecule has 84 heavy (non-hydrogen) atoms. The third-order valence-electron chi connectivity index (χ3n) is 16.8. The number of fused-ring (bicyclic) bond motifs is 9. The van der Waals surface area contributed by atoms with Gasteiger partial charge in [-0.1, -0.05) is 218 Å². The van der Waals surface area contributed by atoms with Gasteiger partial charge < -0.3 is 18.9 Å². The third-order valence-corrected chi connectivity index (χ3v) is 16.8. The topological polar surface area (TPSA) is 16.3 Å². The van der Waals surface area contributed by atoms with Gasteiger partial charge in [-0.05, 0) is 164 Å². The largest absolute Gasteiger partial charge is 0.310 e. The third kappa shape index (κ3) is 8.30. The molecule has 16 rings (SSSR count). The Kier molecular flexibility index (Phi) is 11.8. The summed E-state index contributed by atoms with van der Waals surface area (Å²) in [5.74, 6) is 0. The van der Waals surface area contributed by atoms with Crippen LogP contribution in [-0.2, 0) is 0 Å². The van der Waals surface area contributed by atoms with E-state index in [0.717, 1.165) is 95.2 Å². The molecule has 394 valence electrons. The van der Waals surface area contributed by atoms with Gasteiger partial charge in [-0.2, -0.15) is 0 Å². The quantitative estimate of drug-likeness (QED) is 0.120. The molecule has 0 fully saturated rings. The number of aromatic nitrogens is 2. The van der Waals surface area contributed by atoms with Crippen LogP contribution >= 0.6 is 0 Å². The number of hydrogen-bond acceptors (Lipinski definition) is 2. The van der Waals surface area contributed by atoms with E-state index in [9.17, 15) is 0 Å². The highest BCUT2D eigenvalue weighted by Crippen LogP contribution is 2.49. The van der Waals surface area contributed by atoms with E-state index in [2.05, 4.69) is 347 Å². The van der Waals surface area contributed by atoms with Crippen molar-refractivity contribution in [2.24, 2.45) is 0 Å². The Hall–Kier alpha value is -11.2. The molecule has 14 aromatic carbocycles. The lowest BCUT2D eigenvalue weighted by Crippen LogP contribution is -2.14. The van der Waals surface area contributed by atoms with Gasteiger partial charge >= 0.3 is 0 Å². The second-order valence-corrected chi connectivity index (χ2v) is 21.7. The van der Waals surface area contributed by atoms with Crippen LogP contribution in [0.4, 0.5) is 34.1 Å². The van der Waals surface area contributed by atoms with Crippen LogP contribution in [0.2, 0.25) is 0 Å². The zero-order valence-electron chi connectivity index (χ0n) is 46.0. The van der Waals surface area contributed by atoms with Crippen molar-refractivity contribution in [3.63, 3.8) is 0 Å². The smallest absolute Gasteiger partial charge is 0.0562 e. The van der Waals surface area contributed by atoms with E-state index in [1.54, 1.807) is 0 Å². The van der Waals surface area contributed by atoms with Gasteiger partial charge in [-0.3, -0.25) is 0 Å². The van der Waals surface area contributed by atoms with Crippen molar-refractivity contribution in [1.29, 1.82) is 0 Å². The van der Waals surface area contributed by atoms with Gasteiger partial charge in [0.25, 0.3) is 0 Å². The molecule has 0 aliphatic heterocycles. The molecule has 0 bridgehead atoms. The molecule has 0 aliphatic rings. The maximum absolute atomic E-state index is 2.53. The molecule has 0 saturated carbocycles. The zero-order chi connectivity index (χ0) is 55.5. The summed E-state index contributed by atoms with van der Waals surface area (Å²) < 4.78 is 4.85. The molecule has 16 aromatic rings. The van der Waals surface area contributed by atoms with Crippen LogP contribution in [-0.4, -0.2) is 9.13 Å². The minimum Gasteiger partial charge on any atom is -0.310 e. The van der Waals surface area contributed by atoms with Gasteiger partial charge in [-0.25, -0.2) is 0 Å². The Balaban J connectivity index is 1.02. The minimum absolute atomic E-state index is 1.01. The second kappa shape index (κ2) is 20.4. The zero-order valence-corrected chi connectivity index (χ0v) is 46.0. The number of rotatable bonds is 11. The van der Waals surface area contributed by atoms with Gasteiger partial charge in [0.05, 0.1) is 27.8 Å². The molecule has 4 nitrogen and oxygen atoms in total. The van der Waals surface area contributed by atoms with Crippen molar-refractivity contribution in [1.82, 2.24) is 9.13 Å². The highest BCUT2D eigenvalue weighted by molar-refractivity contribution is 6.18. The van der Waals surface area contributed by atoms with Crippen molar-refractivity contribution < 1.29 is 0 Å². The Labute approximate surface area is 487 Å². The number of para-hydroxylation sites is 4. The Morgan fingerprint density at radius 1 is 0.214 bits per heavy atom. The maximum atomic E-state index is 2.53. The van der Waals surface area contributed by atoms with Crippen LogP contribution in [0.3, 0.4) is 0 Å². The van der Waals surface area contributed by atoms with Crippen molar-refractivity contribution in [2.45, 2.75) is 0 Å². The highest BCUT2D eigenvalue weighted by atomic mass is 15.2. The summed E-state index contributed by atoms with van der Waals surface area (Å²) in [7, 11) is 0. The maximum Gasteiger partial charge on any atom is 0.0562 e. The predicted molar refractivity (Wildman–Crippen MR) is 356 cm³/mol. The first-order chi connectivity index (χ1) is 41.7. The fraction of sp³-hybridized carbons (Fsp3) is 0. The molecule has 0 unspecified atom stereocenters. The Morgan fingerprint density at radius 3 is 1.27 bits per heavy atom. The number of anilines is 6. The molecular formula is C80H54N4. The molecule has 0 amide bonds. The first-order valence-electron chi connectivity index (χ1n) is 28.8. The molecule has 4 heteroatoms. The first-order valence-corrected chi connectivity index (χ1v) is 28.8. The summed E-state index contributed by atoms with van der Waals surface area (Å²) in [6.07, 6.45) is 0. The summed E-state index contributed by atoms with van der Waals surface area (Å²) in [5, 5.41) is 9.58.